The maximum Gasteiger partial charge on any atom is 0.185 e. The molecule has 0 aromatic rings. The van der Waals surface area contributed by atoms with Gasteiger partial charge in [0.05, 0.1) is 0 Å². The first kappa shape index (κ1) is 10.3. The molecule has 0 fully saturated rings. The minimum Gasteiger partial charge on any atom is -0.316 e. The van der Waals surface area contributed by atoms with Gasteiger partial charge in [-0.15, -0.1) is 0 Å². The van der Waals surface area contributed by atoms with Gasteiger partial charge in [0.15, 0.2) is 11.6 Å². The number of ketones is 2. The molecule has 3 heteroatoms. The van der Waals surface area contributed by atoms with E-state index in [1.165, 1.54) is 0 Å². The highest BCUT2D eigenvalue weighted by molar-refractivity contribution is 6.24. The molecule has 2 rings (SSSR count). The van der Waals surface area contributed by atoms with Gasteiger partial charge in [0, 0.05) is 22.3 Å². The van der Waals surface area contributed by atoms with Crippen LogP contribution in [0.15, 0.2) is 22.3 Å². The smallest absolute Gasteiger partial charge is 0.185 e. The van der Waals surface area contributed by atoms with Crippen LogP contribution in [0.2, 0.25) is 0 Å². The largest absolute Gasteiger partial charge is 0.316 e. The van der Waals surface area contributed by atoms with Gasteiger partial charge in [0.2, 0.25) is 0 Å². The monoisotopic (exact) mass is 205 g/mol. The number of hydrogen-bond acceptors (Lipinski definition) is 3. The molecule has 3 nitrogen and oxygen atoms in total. The van der Waals surface area contributed by atoms with Gasteiger partial charge in [0.1, 0.15) is 0 Å². The second kappa shape index (κ2) is 3.74. The lowest BCUT2D eigenvalue weighted by atomic mass is 9.83. The van der Waals surface area contributed by atoms with Crippen LogP contribution in [0, 0.1) is 0 Å². The highest BCUT2D eigenvalue weighted by Gasteiger charge is 2.30. The lowest BCUT2D eigenvalue weighted by molar-refractivity contribution is -0.116. The van der Waals surface area contributed by atoms with Crippen LogP contribution in [0.1, 0.15) is 26.7 Å². The Morgan fingerprint density at radius 2 is 1.27 bits per heavy atom. The van der Waals surface area contributed by atoms with Crippen molar-refractivity contribution in [3.8, 4) is 0 Å². The van der Waals surface area contributed by atoms with Crippen molar-refractivity contribution in [2.24, 2.45) is 0 Å². The van der Waals surface area contributed by atoms with Crippen LogP contribution in [0.3, 0.4) is 0 Å². The quantitative estimate of drug-likeness (QED) is 0.603. The van der Waals surface area contributed by atoms with Crippen molar-refractivity contribution in [2.75, 3.05) is 13.1 Å². The predicted octanol–water partition coefficient (Wildman–Crippen LogP) is 1.15. The third kappa shape index (κ3) is 1.57. The Kier molecular flexibility index (Phi) is 2.57. The summed E-state index contributed by atoms with van der Waals surface area (Å²) in [7, 11) is 0. The molecule has 1 aliphatic heterocycles. The van der Waals surface area contributed by atoms with Gasteiger partial charge in [-0.1, -0.05) is 0 Å². The van der Waals surface area contributed by atoms with E-state index in [9.17, 15) is 9.59 Å². The lowest BCUT2D eigenvalue weighted by Crippen LogP contribution is -2.21. The van der Waals surface area contributed by atoms with Gasteiger partial charge in [0.25, 0.3) is 0 Å². The molecule has 1 aliphatic carbocycles. The minimum atomic E-state index is 0.0748. The molecule has 0 unspecified atom stereocenters. The van der Waals surface area contributed by atoms with Gasteiger partial charge < -0.3 is 5.32 Å². The molecule has 15 heavy (non-hydrogen) atoms. The Balaban J connectivity index is 2.47. The molecule has 0 bridgehead atoms. The summed E-state index contributed by atoms with van der Waals surface area (Å²) in [6.07, 6.45) is 1.37. The third-order valence-electron chi connectivity index (χ3n) is 3.26. The van der Waals surface area contributed by atoms with Crippen molar-refractivity contribution in [3.63, 3.8) is 0 Å². The van der Waals surface area contributed by atoms with Crippen molar-refractivity contribution in [3.05, 3.63) is 22.3 Å². The van der Waals surface area contributed by atoms with Gasteiger partial charge in [-0.2, -0.15) is 0 Å². The minimum absolute atomic E-state index is 0.0748. The van der Waals surface area contributed by atoms with E-state index in [2.05, 4.69) is 5.32 Å². The molecule has 0 aromatic heterocycles. The van der Waals surface area contributed by atoms with Crippen molar-refractivity contribution >= 4 is 11.6 Å². The Bertz CT molecular complexity index is 366. The van der Waals surface area contributed by atoms with Crippen molar-refractivity contribution in [2.45, 2.75) is 26.7 Å². The summed E-state index contributed by atoms with van der Waals surface area (Å²) in [4.78, 5) is 23.9. The summed E-state index contributed by atoms with van der Waals surface area (Å²) in [6, 6.07) is 0. The van der Waals surface area contributed by atoms with Crippen LogP contribution < -0.4 is 5.32 Å². The SMILES string of the molecule is CC1=C(C)C(=O)C2=C(CCNCC2)C1=O. The van der Waals surface area contributed by atoms with Crippen LogP contribution in [-0.2, 0) is 9.59 Å². The summed E-state index contributed by atoms with van der Waals surface area (Å²) in [5, 5.41) is 3.21. The first-order chi connectivity index (χ1) is 7.13. The van der Waals surface area contributed by atoms with E-state index in [1.807, 2.05) is 0 Å². The number of Topliss-reactive ketones (excluding diaryl/α,β-unsaturated/α-hetero) is 2. The number of hydrogen-bond donors (Lipinski definition) is 1. The van der Waals surface area contributed by atoms with Crippen LogP contribution in [0.4, 0.5) is 0 Å². The number of allylic oxidation sites excluding steroid dienone is 2. The average molecular weight is 205 g/mol. The highest BCUT2D eigenvalue weighted by atomic mass is 16.1. The maximum atomic E-state index is 12.0. The molecule has 1 heterocycles. The summed E-state index contributed by atoms with van der Waals surface area (Å²) < 4.78 is 0. The molecule has 0 spiro atoms. The lowest BCUT2D eigenvalue weighted by Gasteiger charge is -2.18. The summed E-state index contributed by atoms with van der Waals surface area (Å²) in [5.41, 5.74) is 2.74. The van der Waals surface area contributed by atoms with Gasteiger partial charge in [-0.05, 0) is 39.8 Å². The van der Waals surface area contributed by atoms with Crippen LogP contribution in [0.5, 0.6) is 0 Å². The molecule has 0 saturated heterocycles. The van der Waals surface area contributed by atoms with Gasteiger partial charge in [-0.25, -0.2) is 0 Å². The summed E-state index contributed by atoms with van der Waals surface area (Å²) in [6.45, 7) is 5.09. The molecule has 0 amide bonds. The van der Waals surface area contributed by atoms with E-state index in [1.54, 1.807) is 13.8 Å². The second-order valence-corrected chi connectivity index (χ2v) is 4.12. The molecule has 0 atom stereocenters. The standard InChI is InChI=1S/C12H15NO2/c1-7-8(2)12(15)10-4-6-13-5-3-9(10)11(7)14/h13H,3-6H2,1-2H3. The first-order valence-corrected chi connectivity index (χ1v) is 5.32. The van der Waals surface area contributed by atoms with E-state index >= 15 is 0 Å². The summed E-state index contributed by atoms with van der Waals surface area (Å²) in [5.74, 6) is 0.150. The van der Waals surface area contributed by atoms with Gasteiger partial charge in [-0.3, -0.25) is 9.59 Å². The normalized spacial score (nSPS) is 23.1. The molecule has 1 N–H and O–H groups in total. The molecule has 0 radical (unpaired) electrons. The topological polar surface area (TPSA) is 46.2 Å². The number of carbonyl (C=O) groups is 2. The number of carbonyl (C=O) groups excluding carboxylic acids is 2. The zero-order valence-electron chi connectivity index (χ0n) is 9.14. The van der Waals surface area contributed by atoms with Crippen LogP contribution >= 0.6 is 0 Å². The van der Waals surface area contributed by atoms with Gasteiger partial charge >= 0.3 is 0 Å². The first-order valence-electron chi connectivity index (χ1n) is 5.32. The van der Waals surface area contributed by atoms with E-state index in [0.717, 1.165) is 24.2 Å². The van der Waals surface area contributed by atoms with E-state index in [4.69, 9.17) is 0 Å². The summed E-state index contributed by atoms with van der Waals surface area (Å²) >= 11 is 0. The Morgan fingerprint density at radius 1 is 0.867 bits per heavy atom. The highest BCUT2D eigenvalue weighted by Crippen LogP contribution is 2.28. The van der Waals surface area contributed by atoms with Crippen molar-refractivity contribution in [1.82, 2.24) is 5.32 Å². The van der Waals surface area contributed by atoms with E-state index in [0.29, 0.717) is 24.0 Å². The number of nitrogens with one attached hydrogen (secondary N) is 1. The number of rotatable bonds is 0. The third-order valence-corrected chi connectivity index (χ3v) is 3.26. The predicted molar refractivity (Wildman–Crippen MR) is 57.5 cm³/mol. The maximum absolute atomic E-state index is 12.0. The van der Waals surface area contributed by atoms with E-state index in [-0.39, 0.29) is 11.6 Å². The molecular weight excluding hydrogens is 190 g/mol. The fourth-order valence-electron chi connectivity index (χ4n) is 2.15. The molecule has 80 valence electrons. The van der Waals surface area contributed by atoms with Crippen LogP contribution in [0.25, 0.3) is 0 Å². The Hall–Kier alpha value is -1.22. The second-order valence-electron chi connectivity index (χ2n) is 4.12. The van der Waals surface area contributed by atoms with Crippen molar-refractivity contribution in [1.29, 1.82) is 0 Å². The fraction of sp³-hybridized carbons (Fsp3) is 0.500. The molecular formula is C12H15NO2. The molecule has 0 aromatic carbocycles. The molecule has 0 saturated carbocycles. The van der Waals surface area contributed by atoms with Crippen molar-refractivity contribution < 1.29 is 9.59 Å². The fourth-order valence-corrected chi connectivity index (χ4v) is 2.15. The average Bonchev–Trinajstić information content (AvgIpc) is 2.48. The Morgan fingerprint density at radius 3 is 1.67 bits per heavy atom. The van der Waals surface area contributed by atoms with E-state index < -0.39 is 0 Å². The zero-order valence-corrected chi connectivity index (χ0v) is 9.14. The van der Waals surface area contributed by atoms with Crippen LogP contribution in [-0.4, -0.2) is 24.7 Å². The zero-order chi connectivity index (χ0) is 11.0. The Labute approximate surface area is 89.2 Å². The molecule has 2 aliphatic rings.